The summed E-state index contributed by atoms with van der Waals surface area (Å²) < 4.78 is 0. The quantitative estimate of drug-likeness (QED) is 0.846. The van der Waals surface area contributed by atoms with Gasteiger partial charge in [0.25, 0.3) is 0 Å². The summed E-state index contributed by atoms with van der Waals surface area (Å²) in [5, 5.41) is 9.15. The Morgan fingerprint density at radius 2 is 1.94 bits per heavy atom. The molecule has 0 bridgehead atoms. The Labute approximate surface area is 103 Å². The minimum Gasteiger partial charge on any atom is -0.345 e. The topological polar surface area (TPSA) is 52.5 Å². The van der Waals surface area contributed by atoms with Crippen molar-refractivity contribution in [2.75, 3.05) is 0 Å². The van der Waals surface area contributed by atoms with Crippen LogP contribution in [0, 0.1) is 18.3 Å². The summed E-state index contributed by atoms with van der Waals surface area (Å²) in [6, 6.07) is 2.31. The molecule has 17 heavy (non-hydrogen) atoms. The highest BCUT2D eigenvalue weighted by molar-refractivity contribution is 5.25. The lowest BCUT2D eigenvalue weighted by molar-refractivity contribution is 0.435. The largest absolute Gasteiger partial charge is 0.345 e. The first-order valence-corrected chi connectivity index (χ1v) is 6.53. The summed E-state index contributed by atoms with van der Waals surface area (Å²) in [5.74, 6) is 1.42. The predicted molar refractivity (Wildman–Crippen MR) is 67.8 cm³/mol. The van der Waals surface area contributed by atoms with Crippen LogP contribution in [0.2, 0.25) is 0 Å². The number of hydrogen-bond acceptors (Lipinski definition) is 2. The van der Waals surface area contributed by atoms with Gasteiger partial charge in [-0.3, -0.25) is 0 Å². The maximum Gasteiger partial charge on any atom is 0.126 e. The zero-order valence-electron chi connectivity index (χ0n) is 11.0. The number of imidazole rings is 1. The van der Waals surface area contributed by atoms with Crippen molar-refractivity contribution in [3.8, 4) is 6.07 Å². The van der Waals surface area contributed by atoms with Crippen molar-refractivity contribution in [3.05, 3.63) is 17.2 Å². The van der Waals surface area contributed by atoms with Gasteiger partial charge in [0.2, 0.25) is 0 Å². The molecule has 0 aliphatic heterocycles. The summed E-state index contributed by atoms with van der Waals surface area (Å²) in [7, 11) is 0. The fourth-order valence-electron chi connectivity index (χ4n) is 2.60. The van der Waals surface area contributed by atoms with E-state index in [-0.39, 0.29) is 0 Å². The number of aryl methyl sites for hydroxylation is 1. The van der Waals surface area contributed by atoms with Crippen LogP contribution in [-0.4, -0.2) is 9.97 Å². The van der Waals surface area contributed by atoms with Crippen LogP contribution in [0.3, 0.4) is 0 Å². The molecule has 1 N–H and O–H groups in total. The Morgan fingerprint density at radius 3 is 2.53 bits per heavy atom. The SMILES string of the molecule is Cc1[nH]c(C(C)(C)C#N)nc1C1CCCCC1. The summed E-state index contributed by atoms with van der Waals surface area (Å²) in [6.07, 6.45) is 6.48. The number of H-pyrrole nitrogens is 1. The third-order valence-electron chi connectivity index (χ3n) is 3.79. The standard InChI is InChI=1S/C14H21N3/c1-10-12(11-7-5-4-6-8-11)17-13(16-10)14(2,3)9-15/h11H,4-8H2,1-3H3,(H,16,17). The summed E-state index contributed by atoms with van der Waals surface area (Å²) in [6.45, 7) is 5.90. The number of rotatable bonds is 2. The molecule has 92 valence electrons. The second kappa shape index (κ2) is 4.52. The third-order valence-corrected chi connectivity index (χ3v) is 3.79. The molecule has 3 heteroatoms. The first-order chi connectivity index (χ1) is 8.04. The average Bonchev–Trinajstić information content (AvgIpc) is 2.73. The van der Waals surface area contributed by atoms with Gasteiger partial charge < -0.3 is 4.98 Å². The van der Waals surface area contributed by atoms with Crippen LogP contribution in [0.25, 0.3) is 0 Å². The second-order valence-electron chi connectivity index (χ2n) is 5.67. The predicted octanol–water partition coefficient (Wildman–Crippen LogP) is 3.57. The molecule has 0 aromatic carbocycles. The summed E-state index contributed by atoms with van der Waals surface area (Å²) in [4.78, 5) is 8.00. The van der Waals surface area contributed by atoms with Crippen LogP contribution in [0.4, 0.5) is 0 Å². The molecular weight excluding hydrogens is 210 g/mol. The Morgan fingerprint density at radius 1 is 1.29 bits per heavy atom. The van der Waals surface area contributed by atoms with E-state index in [0.717, 1.165) is 11.5 Å². The minimum atomic E-state index is -0.516. The van der Waals surface area contributed by atoms with Gasteiger partial charge in [0.05, 0.1) is 11.8 Å². The van der Waals surface area contributed by atoms with Crippen molar-refractivity contribution >= 4 is 0 Å². The van der Waals surface area contributed by atoms with Gasteiger partial charge in [0, 0.05) is 11.6 Å². The van der Waals surface area contributed by atoms with Crippen molar-refractivity contribution in [2.45, 2.75) is 64.2 Å². The fraction of sp³-hybridized carbons (Fsp3) is 0.714. The molecule has 1 aromatic rings. The smallest absolute Gasteiger partial charge is 0.126 e. The molecule has 0 amide bonds. The lowest BCUT2D eigenvalue weighted by Gasteiger charge is -2.20. The van der Waals surface area contributed by atoms with Gasteiger partial charge in [-0.2, -0.15) is 5.26 Å². The number of aromatic nitrogens is 2. The van der Waals surface area contributed by atoms with Crippen LogP contribution in [-0.2, 0) is 5.41 Å². The highest BCUT2D eigenvalue weighted by Gasteiger charge is 2.27. The maximum absolute atomic E-state index is 9.15. The first kappa shape index (κ1) is 12.2. The molecule has 1 aromatic heterocycles. The van der Waals surface area contributed by atoms with Crippen molar-refractivity contribution in [1.29, 1.82) is 5.26 Å². The average molecular weight is 231 g/mol. The summed E-state index contributed by atoms with van der Waals surface area (Å²) >= 11 is 0. The number of nitriles is 1. The van der Waals surface area contributed by atoms with E-state index >= 15 is 0 Å². The van der Waals surface area contributed by atoms with Crippen LogP contribution in [0.1, 0.15) is 69.1 Å². The van der Waals surface area contributed by atoms with E-state index in [1.165, 1.54) is 37.8 Å². The van der Waals surface area contributed by atoms with E-state index in [9.17, 15) is 0 Å². The molecule has 0 spiro atoms. The van der Waals surface area contributed by atoms with Crippen LogP contribution < -0.4 is 0 Å². The molecule has 1 saturated carbocycles. The van der Waals surface area contributed by atoms with Gasteiger partial charge in [0.1, 0.15) is 11.2 Å². The second-order valence-corrected chi connectivity index (χ2v) is 5.67. The van der Waals surface area contributed by atoms with E-state index in [0.29, 0.717) is 5.92 Å². The van der Waals surface area contributed by atoms with Gasteiger partial charge in [-0.1, -0.05) is 19.3 Å². The van der Waals surface area contributed by atoms with Crippen molar-refractivity contribution in [2.24, 2.45) is 0 Å². The van der Waals surface area contributed by atoms with Crippen molar-refractivity contribution in [1.82, 2.24) is 9.97 Å². The number of aromatic amines is 1. The molecule has 0 atom stereocenters. The molecule has 0 unspecified atom stereocenters. The molecule has 2 rings (SSSR count). The molecule has 0 radical (unpaired) electrons. The van der Waals surface area contributed by atoms with Gasteiger partial charge in [-0.05, 0) is 33.6 Å². The lowest BCUT2D eigenvalue weighted by Crippen LogP contribution is -2.16. The zero-order chi connectivity index (χ0) is 12.5. The lowest BCUT2D eigenvalue weighted by atomic mass is 9.86. The Bertz CT molecular complexity index is 431. The van der Waals surface area contributed by atoms with Crippen LogP contribution >= 0.6 is 0 Å². The van der Waals surface area contributed by atoms with Gasteiger partial charge in [-0.25, -0.2) is 4.98 Å². The fourth-order valence-corrected chi connectivity index (χ4v) is 2.60. The van der Waals surface area contributed by atoms with Gasteiger partial charge in [-0.15, -0.1) is 0 Å². The van der Waals surface area contributed by atoms with Crippen LogP contribution in [0.15, 0.2) is 0 Å². The number of hydrogen-bond donors (Lipinski definition) is 1. The Hall–Kier alpha value is -1.30. The molecule has 1 aliphatic carbocycles. The van der Waals surface area contributed by atoms with E-state index in [1.54, 1.807) is 0 Å². The molecule has 3 nitrogen and oxygen atoms in total. The zero-order valence-corrected chi connectivity index (χ0v) is 11.0. The molecule has 1 aliphatic rings. The van der Waals surface area contributed by atoms with Crippen molar-refractivity contribution in [3.63, 3.8) is 0 Å². The van der Waals surface area contributed by atoms with Crippen molar-refractivity contribution < 1.29 is 0 Å². The van der Waals surface area contributed by atoms with E-state index < -0.39 is 5.41 Å². The highest BCUT2D eigenvalue weighted by Crippen LogP contribution is 2.34. The molecule has 0 saturated heterocycles. The Kier molecular flexibility index (Phi) is 3.24. The molecule has 1 fully saturated rings. The molecular formula is C14H21N3. The summed E-state index contributed by atoms with van der Waals surface area (Å²) in [5.41, 5.74) is 1.83. The normalized spacial score (nSPS) is 18.0. The monoisotopic (exact) mass is 231 g/mol. The molecule has 1 heterocycles. The number of nitrogens with zero attached hydrogens (tertiary/aromatic N) is 2. The Balaban J connectivity index is 2.28. The maximum atomic E-state index is 9.15. The van der Waals surface area contributed by atoms with Crippen LogP contribution in [0.5, 0.6) is 0 Å². The minimum absolute atomic E-state index is 0.516. The van der Waals surface area contributed by atoms with E-state index in [1.807, 2.05) is 13.8 Å². The third kappa shape index (κ3) is 2.36. The van der Waals surface area contributed by atoms with Gasteiger partial charge in [0.15, 0.2) is 0 Å². The van der Waals surface area contributed by atoms with E-state index in [4.69, 9.17) is 10.2 Å². The first-order valence-electron chi connectivity index (χ1n) is 6.53. The van der Waals surface area contributed by atoms with E-state index in [2.05, 4.69) is 18.0 Å². The highest BCUT2D eigenvalue weighted by atomic mass is 15.0. The number of nitrogens with one attached hydrogen (secondary N) is 1. The van der Waals surface area contributed by atoms with Gasteiger partial charge >= 0.3 is 0 Å².